The predicted molar refractivity (Wildman–Crippen MR) is 66.0 cm³/mol. The molecular formula is C12H22F2N2O3. The van der Waals surface area contributed by atoms with Gasteiger partial charge in [-0.1, -0.05) is 0 Å². The predicted octanol–water partition coefficient (Wildman–Crippen LogP) is 1.34. The van der Waals surface area contributed by atoms with Crippen LogP contribution in [-0.2, 0) is 4.74 Å². The molecule has 0 aliphatic carbocycles. The molecule has 0 aromatic heterocycles. The SMILES string of the molecule is CC(C)(C)OC(=O)N1CCCC(O)(C(F)(F)CN)C1. The lowest BCUT2D eigenvalue weighted by molar-refractivity contribution is -0.195. The van der Waals surface area contributed by atoms with Crippen LogP contribution in [0.5, 0.6) is 0 Å². The summed E-state index contributed by atoms with van der Waals surface area (Å²) < 4.78 is 32.4. The van der Waals surface area contributed by atoms with Crippen LogP contribution in [0, 0.1) is 0 Å². The monoisotopic (exact) mass is 280 g/mol. The second-order valence-corrected chi connectivity index (χ2v) is 5.95. The summed E-state index contributed by atoms with van der Waals surface area (Å²) in [6.45, 7) is 3.94. The molecule has 1 saturated heterocycles. The minimum Gasteiger partial charge on any atom is -0.444 e. The number of nitrogens with two attached hydrogens (primary N) is 1. The van der Waals surface area contributed by atoms with E-state index in [2.05, 4.69) is 0 Å². The molecule has 3 N–H and O–H groups in total. The molecule has 1 rings (SSSR count). The Bertz CT molecular complexity index is 344. The van der Waals surface area contributed by atoms with Gasteiger partial charge >= 0.3 is 6.09 Å². The van der Waals surface area contributed by atoms with Crippen LogP contribution in [-0.4, -0.2) is 52.9 Å². The van der Waals surface area contributed by atoms with E-state index in [-0.39, 0.29) is 19.4 Å². The first-order chi connectivity index (χ1) is 8.51. The van der Waals surface area contributed by atoms with E-state index in [1.54, 1.807) is 20.8 Å². The number of ether oxygens (including phenoxy) is 1. The first-order valence-electron chi connectivity index (χ1n) is 6.29. The van der Waals surface area contributed by atoms with Gasteiger partial charge in [0.25, 0.3) is 5.92 Å². The van der Waals surface area contributed by atoms with E-state index in [1.807, 2.05) is 0 Å². The fourth-order valence-electron chi connectivity index (χ4n) is 2.01. The highest BCUT2D eigenvalue weighted by Gasteiger charge is 2.54. The van der Waals surface area contributed by atoms with Gasteiger partial charge in [0.1, 0.15) is 11.2 Å². The number of rotatable bonds is 2. The van der Waals surface area contributed by atoms with Crippen molar-refractivity contribution in [3.63, 3.8) is 0 Å². The molecule has 0 saturated carbocycles. The maximum atomic E-state index is 13.6. The van der Waals surface area contributed by atoms with Gasteiger partial charge in [-0.25, -0.2) is 13.6 Å². The summed E-state index contributed by atoms with van der Waals surface area (Å²) in [5.74, 6) is -3.42. The second kappa shape index (κ2) is 5.20. The fourth-order valence-corrected chi connectivity index (χ4v) is 2.01. The van der Waals surface area contributed by atoms with Gasteiger partial charge in [-0.15, -0.1) is 0 Å². The summed E-state index contributed by atoms with van der Waals surface area (Å²) >= 11 is 0. The molecule has 0 radical (unpaired) electrons. The molecular weight excluding hydrogens is 258 g/mol. The molecule has 0 spiro atoms. The molecule has 0 aromatic rings. The minimum absolute atomic E-state index is 0.0868. The van der Waals surface area contributed by atoms with Crippen molar-refractivity contribution in [3.05, 3.63) is 0 Å². The summed E-state index contributed by atoms with van der Waals surface area (Å²) in [5.41, 5.74) is 2.01. The summed E-state index contributed by atoms with van der Waals surface area (Å²) in [6, 6.07) is 0. The number of hydrogen-bond donors (Lipinski definition) is 2. The third kappa shape index (κ3) is 3.76. The number of carbonyl (C=O) groups excluding carboxylic acids is 1. The number of piperidine rings is 1. The van der Waals surface area contributed by atoms with Crippen LogP contribution < -0.4 is 5.73 Å². The van der Waals surface area contributed by atoms with Crippen molar-refractivity contribution in [2.45, 2.75) is 50.7 Å². The quantitative estimate of drug-likeness (QED) is 0.800. The van der Waals surface area contributed by atoms with Crippen LogP contribution in [0.1, 0.15) is 33.6 Å². The van der Waals surface area contributed by atoms with Gasteiger partial charge in [-0.2, -0.15) is 0 Å². The third-order valence-corrected chi connectivity index (χ3v) is 3.06. The summed E-state index contributed by atoms with van der Waals surface area (Å²) in [5, 5.41) is 10.0. The zero-order valence-electron chi connectivity index (χ0n) is 11.6. The van der Waals surface area contributed by atoms with E-state index in [0.29, 0.717) is 0 Å². The number of amides is 1. The standard InChI is InChI=1S/C12H22F2N2O3/c1-10(2,3)19-9(17)16-6-4-5-11(18,8-16)12(13,14)7-15/h18H,4-8,15H2,1-3H3. The number of alkyl halides is 2. The smallest absolute Gasteiger partial charge is 0.410 e. The Kier molecular flexibility index (Phi) is 4.41. The van der Waals surface area contributed by atoms with Gasteiger partial charge in [-0.3, -0.25) is 0 Å². The highest BCUT2D eigenvalue weighted by atomic mass is 19.3. The molecule has 1 heterocycles. The largest absolute Gasteiger partial charge is 0.444 e. The van der Waals surface area contributed by atoms with E-state index in [0.717, 1.165) is 4.90 Å². The van der Waals surface area contributed by atoms with Crippen molar-refractivity contribution in [1.82, 2.24) is 4.90 Å². The van der Waals surface area contributed by atoms with Crippen molar-refractivity contribution in [2.24, 2.45) is 5.73 Å². The van der Waals surface area contributed by atoms with Gasteiger partial charge in [0.15, 0.2) is 0 Å². The number of aliphatic hydroxyl groups is 1. The van der Waals surface area contributed by atoms with E-state index in [1.165, 1.54) is 0 Å². The number of carbonyl (C=O) groups is 1. The Morgan fingerprint density at radius 3 is 2.53 bits per heavy atom. The van der Waals surface area contributed by atoms with Crippen LogP contribution in [0.25, 0.3) is 0 Å². The van der Waals surface area contributed by atoms with Crippen molar-refractivity contribution >= 4 is 6.09 Å². The Morgan fingerprint density at radius 1 is 1.47 bits per heavy atom. The zero-order valence-corrected chi connectivity index (χ0v) is 11.6. The number of β-amino-alcohol motifs (C(OH)–C–C–N with tert-alkyl or cyclic N) is 1. The average molecular weight is 280 g/mol. The van der Waals surface area contributed by atoms with Crippen molar-refractivity contribution in [1.29, 1.82) is 0 Å². The Labute approximate surface area is 111 Å². The van der Waals surface area contributed by atoms with Crippen LogP contribution in [0.15, 0.2) is 0 Å². The van der Waals surface area contributed by atoms with Gasteiger partial charge < -0.3 is 20.5 Å². The maximum Gasteiger partial charge on any atom is 0.410 e. The maximum absolute atomic E-state index is 13.6. The van der Waals surface area contributed by atoms with Crippen molar-refractivity contribution < 1.29 is 23.4 Å². The average Bonchev–Trinajstić information content (AvgIpc) is 2.26. The van der Waals surface area contributed by atoms with Crippen LogP contribution in [0.3, 0.4) is 0 Å². The molecule has 19 heavy (non-hydrogen) atoms. The Morgan fingerprint density at radius 2 is 2.05 bits per heavy atom. The zero-order chi connectivity index (χ0) is 14.9. The van der Waals surface area contributed by atoms with E-state index in [9.17, 15) is 18.7 Å². The van der Waals surface area contributed by atoms with Gasteiger partial charge in [0.2, 0.25) is 0 Å². The lowest BCUT2D eigenvalue weighted by Crippen LogP contribution is -2.62. The second-order valence-electron chi connectivity index (χ2n) is 5.95. The summed E-state index contributed by atoms with van der Waals surface area (Å²) in [4.78, 5) is 12.9. The molecule has 1 atom stereocenters. The molecule has 0 bridgehead atoms. The van der Waals surface area contributed by atoms with E-state index in [4.69, 9.17) is 10.5 Å². The number of hydrogen-bond acceptors (Lipinski definition) is 4. The summed E-state index contributed by atoms with van der Waals surface area (Å²) in [6.07, 6.45) is -0.500. The molecule has 0 aromatic carbocycles. The van der Waals surface area contributed by atoms with Crippen LogP contribution in [0.2, 0.25) is 0 Å². The number of nitrogens with zero attached hydrogens (tertiary/aromatic N) is 1. The van der Waals surface area contributed by atoms with E-state index < -0.39 is 36.3 Å². The molecule has 112 valence electrons. The molecule has 1 aliphatic heterocycles. The van der Waals surface area contributed by atoms with Gasteiger partial charge in [0, 0.05) is 6.54 Å². The highest BCUT2D eigenvalue weighted by molar-refractivity contribution is 5.68. The molecule has 1 amide bonds. The molecule has 5 nitrogen and oxygen atoms in total. The Balaban J connectivity index is 2.77. The van der Waals surface area contributed by atoms with Crippen molar-refractivity contribution in [3.8, 4) is 0 Å². The molecule has 1 fully saturated rings. The van der Waals surface area contributed by atoms with E-state index >= 15 is 0 Å². The number of halogens is 2. The number of likely N-dealkylation sites (tertiary alicyclic amines) is 1. The third-order valence-electron chi connectivity index (χ3n) is 3.06. The summed E-state index contributed by atoms with van der Waals surface area (Å²) in [7, 11) is 0. The fraction of sp³-hybridized carbons (Fsp3) is 0.917. The normalized spacial score (nSPS) is 25.3. The topological polar surface area (TPSA) is 75.8 Å². The van der Waals surface area contributed by atoms with Crippen LogP contribution >= 0.6 is 0 Å². The lowest BCUT2D eigenvalue weighted by atomic mass is 9.86. The highest BCUT2D eigenvalue weighted by Crippen LogP contribution is 2.35. The lowest BCUT2D eigenvalue weighted by Gasteiger charge is -2.43. The van der Waals surface area contributed by atoms with Gasteiger partial charge in [0.05, 0.1) is 13.1 Å². The first-order valence-corrected chi connectivity index (χ1v) is 6.29. The minimum atomic E-state index is -3.42. The first kappa shape index (κ1) is 16.1. The Hall–Kier alpha value is -0.950. The van der Waals surface area contributed by atoms with Crippen molar-refractivity contribution in [2.75, 3.05) is 19.6 Å². The van der Waals surface area contributed by atoms with Crippen LogP contribution in [0.4, 0.5) is 13.6 Å². The molecule has 1 unspecified atom stereocenters. The molecule has 1 aliphatic rings. The molecule has 7 heteroatoms. The van der Waals surface area contributed by atoms with Gasteiger partial charge in [-0.05, 0) is 33.6 Å².